The van der Waals surface area contributed by atoms with Gasteiger partial charge in [0.2, 0.25) is 0 Å². The maximum absolute atomic E-state index is 11.5. The van der Waals surface area contributed by atoms with Crippen LogP contribution in [0.5, 0.6) is 0 Å². The molecule has 0 bridgehead atoms. The number of rotatable bonds is 2. The average Bonchev–Trinajstić information content (AvgIpc) is 2.27. The third-order valence-corrected chi connectivity index (χ3v) is 3.13. The summed E-state index contributed by atoms with van der Waals surface area (Å²) in [5.74, 6) is -0.443. The Morgan fingerprint density at radius 1 is 1.60 bits per heavy atom. The number of hydrogen-bond donors (Lipinski definition) is 0. The molecule has 0 unspecified atom stereocenters. The molecule has 1 aromatic rings. The molecule has 0 aromatic heterocycles. The van der Waals surface area contributed by atoms with Crippen LogP contribution in [0.3, 0.4) is 0 Å². The zero-order valence-electron chi connectivity index (χ0n) is 8.50. The summed E-state index contributed by atoms with van der Waals surface area (Å²) in [6.07, 6.45) is 0.707. The van der Waals surface area contributed by atoms with Gasteiger partial charge in [0.25, 0.3) is 0 Å². The van der Waals surface area contributed by atoms with Gasteiger partial charge in [0.1, 0.15) is 6.07 Å². The summed E-state index contributed by atoms with van der Waals surface area (Å²) >= 11 is 2.15. The standard InChI is InChI=1S/C11H10INO2/c1-3-8-9(12)5-4-7(6-13)10(8)11(14)15-2/h4-5H,3H2,1-2H3. The van der Waals surface area contributed by atoms with Crippen molar-refractivity contribution in [2.75, 3.05) is 7.11 Å². The van der Waals surface area contributed by atoms with Gasteiger partial charge in [0.05, 0.1) is 18.2 Å². The predicted molar refractivity (Wildman–Crippen MR) is 64.6 cm³/mol. The highest BCUT2D eigenvalue weighted by Gasteiger charge is 2.18. The summed E-state index contributed by atoms with van der Waals surface area (Å²) in [4.78, 5) is 11.5. The minimum Gasteiger partial charge on any atom is -0.465 e. The van der Waals surface area contributed by atoms with Gasteiger partial charge in [0.15, 0.2) is 0 Å². The Kier molecular flexibility index (Phi) is 4.09. The number of nitrogens with zero attached hydrogens (tertiary/aromatic N) is 1. The van der Waals surface area contributed by atoms with E-state index in [4.69, 9.17) is 5.26 Å². The molecule has 0 fully saturated rings. The second-order valence-corrected chi connectivity index (χ2v) is 4.07. The minimum atomic E-state index is -0.443. The summed E-state index contributed by atoms with van der Waals surface area (Å²) in [5, 5.41) is 8.91. The van der Waals surface area contributed by atoms with E-state index in [1.807, 2.05) is 19.1 Å². The van der Waals surface area contributed by atoms with E-state index in [1.54, 1.807) is 6.07 Å². The number of benzene rings is 1. The molecule has 0 aliphatic heterocycles. The van der Waals surface area contributed by atoms with Gasteiger partial charge in [-0.15, -0.1) is 0 Å². The third-order valence-electron chi connectivity index (χ3n) is 2.12. The molecular weight excluding hydrogens is 305 g/mol. The normalized spacial score (nSPS) is 9.47. The number of carbonyl (C=O) groups is 1. The van der Waals surface area contributed by atoms with E-state index in [0.717, 1.165) is 9.13 Å². The highest BCUT2D eigenvalue weighted by molar-refractivity contribution is 14.1. The van der Waals surface area contributed by atoms with Crippen LogP contribution in [0.4, 0.5) is 0 Å². The largest absolute Gasteiger partial charge is 0.465 e. The molecule has 1 aromatic carbocycles. The summed E-state index contributed by atoms with van der Waals surface area (Å²) < 4.78 is 5.66. The molecule has 78 valence electrons. The predicted octanol–water partition coefficient (Wildman–Crippen LogP) is 2.51. The highest BCUT2D eigenvalue weighted by atomic mass is 127. The molecule has 15 heavy (non-hydrogen) atoms. The Morgan fingerprint density at radius 2 is 2.27 bits per heavy atom. The highest BCUT2D eigenvalue weighted by Crippen LogP contribution is 2.22. The van der Waals surface area contributed by atoms with Crippen molar-refractivity contribution in [1.29, 1.82) is 5.26 Å². The van der Waals surface area contributed by atoms with Crippen LogP contribution in [0, 0.1) is 14.9 Å². The van der Waals surface area contributed by atoms with E-state index in [0.29, 0.717) is 17.5 Å². The van der Waals surface area contributed by atoms with E-state index in [-0.39, 0.29) is 0 Å². The third kappa shape index (κ3) is 2.29. The Bertz CT molecular complexity index is 435. The lowest BCUT2D eigenvalue weighted by Gasteiger charge is -2.09. The minimum absolute atomic E-state index is 0.374. The maximum Gasteiger partial charge on any atom is 0.339 e. The lowest BCUT2D eigenvalue weighted by molar-refractivity contribution is 0.0599. The second-order valence-electron chi connectivity index (χ2n) is 2.91. The van der Waals surface area contributed by atoms with E-state index in [2.05, 4.69) is 27.3 Å². The number of ether oxygens (including phenoxy) is 1. The first-order valence-electron chi connectivity index (χ1n) is 4.45. The van der Waals surface area contributed by atoms with Crippen molar-refractivity contribution in [3.05, 3.63) is 32.4 Å². The van der Waals surface area contributed by atoms with Gasteiger partial charge in [-0.3, -0.25) is 0 Å². The number of methoxy groups -OCH3 is 1. The quantitative estimate of drug-likeness (QED) is 0.622. The summed E-state index contributed by atoms with van der Waals surface area (Å²) in [6, 6.07) is 5.49. The summed E-state index contributed by atoms with van der Waals surface area (Å²) in [7, 11) is 1.32. The van der Waals surface area contributed by atoms with Gasteiger partial charge < -0.3 is 4.74 Å². The molecule has 0 spiro atoms. The molecule has 1 rings (SSSR count). The van der Waals surface area contributed by atoms with Crippen molar-refractivity contribution < 1.29 is 9.53 Å². The van der Waals surface area contributed by atoms with Gasteiger partial charge in [-0.1, -0.05) is 6.92 Å². The first kappa shape index (κ1) is 12.0. The Labute approximate surface area is 102 Å². The monoisotopic (exact) mass is 315 g/mol. The van der Waals surface area contributed by atoms with E-state index in [1.165, 1.54) is 7.11 Å². The molecule has 0 heterocycles. The number of hydrogen-bond acceptors (Lipinski definition) is 3. The molecule has 0 atom stereocenters. The molecular formula is C11H10INO2. The fourth-order valence-corrected chi connectivity index (χ4v) is 2.23. The zero-order chi connectivity index (χ0) is 11.4. The Hall–Kier alpha value is -1.09. The van der Waals surface area contributed by atoms with Crippen LogP contribution in [0.1, 0.15) is 28.4 Å². The summed E-state index contributed by atoms with van der Waals surface area (Å²) in [6.45, 7) is 1.95. The fraction of sp³-hybridized carbons (Fsp3) is 0.273. The number of halogens is 1. The first-order chi connectivity index (χ1) is 7.15. The van der Waals surface area contributed by atoms with Crippen LogP contribution >= 0.6 is 22.6 Å². The lowest BCUT2D eigenvalue weighted by Crippen LogP contribution is -2.09. The van der Waals surface area contributed by atoms with Crippen LogP contribution in [-0.2, 0) is 11.2 Å². The van der Waals surface area contributed by atoms with Crippen LogP contribution < -0.4 is 0 Å². The maximum atomic E-state index is 11.5. The zero-order valence-corrected chi connectivity index (χ0v) is 10.7. The fourth-order valence-electron chi connectivity index (χ4n) is 1.40. The van der Waals surface area contributed by atoms with Crippen LogP contribution in [0.15, 0.2) is 12.1 Å². The Morgan fingerprint density at radius 3 is 2.73 bits per heavy atom. The smallest absolute Gasteiger partial charge is 0.339 e. The van der Waals surface area contributed by atoms with Crippen molar-refractivity contribution >= 4 is 28.6 Å². The first-order valence-corrected chi connectivity index (χ1v) is 5.53. The molecule has 0 radical (unpaired) electrons. The van der Waals surface area contributed by atoms with E-state index in [9.17, 15) is 4.79 Å². The van der Waals surface area contributed by atoms with Gasteiger partial charge in [-0.2, -0.15) is 5.26 Å². The molecule has 0 amide bonds. The van der Waals surface area contributed by atoms with Gasteiger partial charge in [-0.05, 0) is 46.7 Å². The van der Waals surface area contributed by atoms with Crippen molar-refractivity contribution in [2.24, 2.45) is 0 Å². The van der Waals surface area contributed by atoms with Crippen molar-refractivity contribution in [3.8, 4) is 6.07 Å². The number of nitriles is 1. The van der Waals surface area contributed by atoms with E-state index >= 15 is 0 Å². The van der Waals surface area contributed by atoms with Crippen LogP contribution in [-0.4, -0.2) is 13.1 Å². The molecule has 0 aliphatic rings. The average molecular weight is 315 g/mol. The number of carbonyl (C=O) groups excluding carboxylic acids is 1. The Balaban J connectivity index is 3.49. The van der Waals surface area contributed by atoms with Crippen molar-refractivity contribution in [2.45, 2.75) is 13.3 Å². The van der Waals surface area contributed by atoms with Crippen molar-refractivity contribution in [1.82, 2.24) is 0 Å². The van der Waals surface area contributed by atoms with Crippen LogP contribution in [0.2, 0.25) is 0 Å². The van der Waals surface area contributed by atoms with Crippen LogP contribution in [0.25, 0.3) is 0 Å². The van der Waals surface area contributed by atoms with Gasteiger partial charge in [-0.25, -0.2) is 4.79 Å². The number of esters is 1. The SMILES string of the molecule is CCc1c(I)ccc(C#N)c1C(=O)OC. The van der Waals surface area contributed by atoms with E-state index < -0.39 is 5.97 Å². The molecule has 4 heteroatoms. The van der Waals surface area contributed by atoms with Gasteiger partial charge >= 0.3 is 5.97 Å². The van der Waals surface area contributed by atoms with Crippen molar-refractivity contribution in [3.63, 3.8) is 0 Å². The summed E-state index contributed by atoms with van der Waals surface area (Å²) in [5.41, 5.74) is 1.65. The second kappa shape index (κ2) is 5.12. The topological polar surface area (TPSA) is 50.1 Å². The lowest BCUT2D eigenvalue weighted by atomic mass is 10.00. The molecule has 0 saturated carbocycles. The molecule has 0 saturated heterocycles. The molecule has 0 N–H and O–H groups in total. The van der Waals surface area contributed by atoms with Gasteiger partial charge in [0, 0.05) is 3.57 Å². The molecule has 3 nitrogen and oxygen atoms in total. The molecule has 0 aliphatic carbocycles.